The third kappa shape index (κ3) is 4.14. The van der Waals surface area contributed by atoms with Crippen molar-refractivity contribution in [3.05, 3.63) is 63.5 Å². The van der Waals surface area contributed by atoms with E-state index in [0.29, 0.717) is 12.1 Å². The summed E-state index contributed by atoms with van der Waals surface area (Å²) in [7, 11) is 0. The van der Waals surface area contributed by atoms with E-state index in [1.807, 2.05) is 0 Å². The van der Waals surface area contributed by atoms with Crippen molar-refractivity contribution >= 4 is 17.5 Å². The Morgan fingerprint density at radius 3 is 2.78 bits per heavy atom. The number of benzene rings is 1. The van der Waals surface area contributed by atoms with E-state index in [1.54, 1.807) is 12.1 Å². The Balaban J connectivity index is 1.65. The summed E-state index contributed by atoms with van der Waals surface area (Å²) in [5, 5.41) is 21.6. The molecule has 10 nitrogen and oxygen atoms in total. The van der Waals surface area contributed by atoms with Crippen molar-refractivity contribution in [2.24, 2.45) is 0 Å². The van der Waals surface area contributed by atoms with Gasteiger partial charge in [0.1, 0.15) is 30.1 Å². The average Bonchev–Trinajstić information content (AvgIpc) is 3.11. The van der Waals surface area contributed by atoms with Crippen molar-refractivity contribution in [2.45, 2.75) is 26.9 Å². The van der Waals surface area contributed by atoms with Gasteiger partial charge in [-0.2, -0.15) is 5.10 Å². The molecule has 0 saturated carbocycles. The van der Waals surface area contributed by atoms with Crippen LogP contribution in [0.4, 0.5) is 16.0 Å². The fraction of sp³-hybridized carbons (Fsp3) is 0.250. The molecule has 0 bridgehead atoms. The maximum atomic E-state index is 13.2. The molecule has 0 aliphatic rings. The Bertz CT molecular complexity index is 1010. The van der Waals surface area contributed by atoms with Crippen LogP contribution in [-0.2, 0) is 17.9 Å². The molecule has 2 aromatic heterocycles. The zero-order valence-corrected chi connectivity index (χ0v) is 14.6. The molecule has 0 fully saturated rings. The quantitative estimate of drug-likeness (QED) is 0.520. The van der Waals surface area contributed by atoms with Crippen LogP contribution in [0.1, 0.15) is 17.0 Å². The molecule has 2 heterocycles. The monoisotopic (exact) mass is 373 g/mol. The second-order valence-corrected chi connectivity index (χ2v) is 5.88. The van der Waals surface area contributed by atoms with Crippen LogP contribution in [0, 0.1) is 29.8 Å². The van der Waals surface area contributed by atoms with Crippen molar-refractivity contribution in [3.8, 4) is 0 Å². The van der Waals surface area contributed by atoms with Gasteiger partial charge in [-0.3, -0.25) is 24.9 Å². The maximum absolute atomic E-state index is 13.2. The predicted octanol–water partition coefficient (Wildman–Crippen LogP) is 1.83. The molecule has 1 aromatic carbocycles. The average molecular weight is 373 g/mol. The highest BCUT2D eigenvalue weighted by molar-refractivity contribution is 5.88. The number of halogens is 1. The first-order valence-corrected chi connectivity index (χ1v) is 7.95. The second-order valence-electron chi connectivity index (χ2n) is 5.88. The van der Waals surface area contributed by atoms with Crippen molar-refractivity contribution in [1.29, 1.82) is 0 Å². The lowest BCUT2D eigenvalue weighted by Crippen LogP contribution is -2.21. The standard InChI is InChI=1S/C16H16FN7O3/c1-10-15(24(26)27)11(2)23(20-10)8-14(25)19-16-18-9-22(21-16)7-12-4-3-5-13(17)6-12/h3-6,9H,7-8H2,1-2H3,(H,19,21,25). The first-order chi connectivity index (χ1) is 12.8. The van der Waals surface area contributed by atoms with E-state index in [9.17, 15) is 19.3 Å². The molecular weight excluding hydrogens is 357 g/mol. The minimum absolute atomic E-state index is 0.0763. The SMILES string of the molecule is Cc1nn(CC(=O)Nc2ncn(Cc3cccc(F)c3)n2)c(C)c1[N+](=O)[O-]. The zero-order chi connectivity index (χ0) is 19.6. The van der Waals surface area contributed by atoms with Gasteiger partial charge in [0, 0.05) is 0 Å². The lowest BCUT2D eigenvalue weighted by atomic mass is 10.2. The number of nitro groups is 1. The number of hydrogen-bond acceptors (Lipinski definition) is 6. The highest BCUT2D eigenvalue weighted by Crippen LogP contribution is 2.21. The van der Waals surface area contributed by atoms with Gasteiger partial charge in [-0.05, 0) is 31.5 Å². The second kappa shape index (κ2) is 7.32. The van der Waals surface area contributed by atoms with Crippen LogP contribution >= 0.6 is 0 Å². The smallest absolute Gasteiger partial charge is 0.292 e. The topological polar surface area (TPSA) is 121 Å². The Morgan fingerprint density at radius 2 is 2.11 bits per heavy atom. The van der Waals surface area contributed by atoms with E-state index in [1.165, 1.54) is 41.7 Å². The molecule has 1 N–H and O–H groups in total. The number of amides is 1. The van der Waals surface area contributed by atoms with E-state index in [2.05, 4.69) is 20.5 Å². The number of aromatic nitrogens is 5. The molecule has 0 spiro atoms. The van der Waals surface area contributed by atoms with Crippen LogP contribution < -0.4 is 5.32 Å². The van der Waals surface area contributed by atoms with Gasteiger partial charge < -0.3 is 0 Å². The van der Waals surface area contributed by atoms with E-state index < -0.39 is 10.8 Å². The Labute approximate surface area is 152 Å². The van der Waals surface area contributed by atoms with Crippen LogP contribution in [0.15, 0.2) is 30.6 Å². The van der Waals surface area contributed by atoms with E-state index in [4.69, 9.17) is 0 Å². The van der Waals surface area contributed by atoms with Gasteiger partial charge in [0.05, 0.1) is 11.5 Å². The third-order valence-electron chi connectivity index (χ3n) is 3.84. The molecule has 3 aromatic rings. The summed E-state index contributed by atoms with van der Waals surface area (Å²) in [6.45, 7) is 3.12. The summed E-state index contributed by atoms with van der Waals surface area (Å²) in [6, 6.07) is 6.08. The van der Waals surface area contributed by atoms with Gasteiger partial charge in [-0.25, -0.2) is 14.1 Å². The number of nitrogens with zero attached hydrogens (tertiary/aromatic N) is 6. The summed E-state index contributed by atoms with van der Waals surface area (Å²) >= 11 is 0. The Kier molecular flexibility index (Phi) is 4.92. The van der Waals surface area contributed by atoms with E-state index in [-0.39, 0.29) is 35.4 Å². The molecule has 0 atom stereocenters. The van der Waals surface area contributed by atoms with E-state index >= 15 is 0 Å². The molecule has 0 saturated heterocycles. The number of anilines is 1. The zero-order valence-electron chi connectivity index (χ0n) is 14.6. The first-order valence-electron chi connectivity index (χ1n) is 7.95. The molecule has 0 unspecified atom stereocenters. The van der Waals surface area contributed by atoms with Gasteiger partial charge in [0.2, 0.25) is 11.9 Å². The Hall–Kier alpha value is -3.63. The maximum Gasteiger partial charge on any atom is 0.312 e. The number of nitrogens with one attached hydrogen (secondary N) is 1. The third-order valence-corrected chi connectivity index (χ3v) is 3.84. The molecule has 140 valence electrons. The van der Waals surface area contributed by atoms with Gasteiger partial charge >= 0.3 is 5.69 Å². The Morgan fingerprint density at radius 1 is 1.33 bits per heavy atom. The first kappa shape index (κ1) is 18.2. The number of carbonyl (C=O) groups is 1. The molecular formula is C16H16FN7O3. The molecule has 3 rings (SSSR count). The molecule has 11 heteroatoms. The number of aryl methyl sites for hydroxylation is 1. The largest absolute Gasteiger partial charge is 0.312 e. The molecule has 27 heavy (non-hydrogen) atoms. The normalized spacial score (nSPS) is 10.8. The number of rotatable bonds is 6. The highest BCUT2D eigenvalue weighted by atomic mass is 19.1. The summed E-state index contributed by atoms with van der Waals surface area (Å²) in [5.41, 5.74) is 1.12. The van der Waals surface area contributed by atoms with Crippen LogP contribution in [0.3, 0.4) is 0 Å². The van der Waals surface area contributed by atoms with Crippen LogP contribution in [-0.4, -0.2) is 35.4 Å². The van der Waals surface area contributed by atoms with Crippen molar-refractivity contribution in [1.82, 2.24) is 24.5 Å². The van der Waals surface area contributed by atoms with Crippen LogP contribution in [0.5, 0.6) is 0 Å². The number of hydrogen-bond donors (Lipinski definition) is 1. The van der Waals surface area contributed by atoms with Gasteiger partial charge in [0.25, 0.3) is 0 Å². The van der Waals surface area contributed by atoms with Crippen LogP contribution in [0.25, 0.3) is 0 Å². The molecule has 0 aliphatic carbocycles. The molecule has 0 aliphatic heterocycles. The summed E-state index contributed by atoms with van der Waals surface area (Å²) < 4.78 is 15.9. The lowest BCUT2D eigenvalue weighted by molar-refractivity contribution is -0.386. The predicted molar refractivity (Wildman–Crippen MR) is 92.5 cm³/mol. The summed E-state index contributed by atoms with van der Waals surface area (Å²) in [6.07, 6.45) is 1.41. The fourth-order valence-electron chi connectivity index (χ4n) is 2.66. The summed E-state index contributed by atoms with van der Waals surface area (Å²) in [4.78, 5) is 26.6. The van der Waals surface area contributed by atoms with Crippen LogP contribution in [0.2, 0.25) is 0 Å². The summed E-state index contributed by atoms with van der Waals surface area (Å²) in [5.74, 6) is -0.744. The minimum atomic E-state index is -0.526. The lowest BCUT2D eigenvalue weighted by Gasteiger charge is -2.03. The van der Waals surface area contributed by atoms with Gasteiger partial charge in [-0.1, -0.05) is 12.1 Å². The van der Waals surface area contributed by atoms with E-state index in [0.717, 1.165) is 0 Å². The van der Waals surface area contributed by atoms with Crippen molar-refractivity contribution in [2.75, 3.05) is 5.32 Å². The molecule has 1 amide bonds. The van der Waals surface area contributed by atoms with Crippen molar-refractivity contribution in [3.63, 3.8) is 0 Å². The van der Waals surface area contributed by atoms with Gasteiger partial charge in [0.15, 0.2) is 0 Å². The highest BCUT2D eigenvalue weighted by Gasteiger charge is 2.23. The fourth-order valence-corrected chi connectivity index (χ4v) is 2.66. The minimum Gasteiger partial charge on any atom is -0.292 e. The van der Waals surface area contributed by atoms with Crippen molar-refractivity contribution < 1.29 is 14.1 Å². The molecule has 0 radical (unpaired) electrons. The van der Waals surface area contributed by atoms with Gasteiger partial charge in [-0.15, -0.1) is 5.10 Å². The number of carbonyl (C=O) groups excluding carboxylic acids is 1.